The summed E-state index contributed by atoms with van der Waals surface area (Å²) < 4.78 is 15.0. The third-order valence-corrected chi connectivity index (χ3v) is 3.51. The van der Waals surface area contributed by atoms with Gasteiger partial charge in [0.2, 0.25) is 5.91 Å². The molecule has 0 fully saturated rings. The van der Waals surface area contributed by atoms with Gasteiger partial charge in [0.25, 0.3) is 5.91 Å². The predicted octanol–water partition coefficient (Wildman–Crippen LogP) is 2.52. The van der Waals surface area contributed by atoms with Crippen molar-refractivity contribution < 1.29 is 14.0 Å². The van der Waals surface area contributed by atoms with Crippen molar-refractivity contribution >= 4 is 17.6 Å². The Hall–Kier alpha value is -2.50. The zero-order valence-corrected chi connectivity index (χ0v) is 11.6. The van der Waals surface area contributed by atoms with Crippen LogP contribution in [0, 0.1) is 5.82 Å². The fraction of sp³-hybridized carbons (Fsp3) is 0.267. The van der Waals surface area contributed by atoms with E-state index in [-0.39, 0.29) is 11.5 Å². The minimum Gasteiger partial charge on any atom is -0.309 e. The first-order valence-corrected chi connectivity index (χ1v) is 6.68. The van der Waals surface area contributed by atoms with Crippen LogP contribution in [0.1, 0.15) is 41.7 Å². The van der Waals surface area contributed by atoms with Crippen LogP contribution in [0.4, 0.5) is 10.2 Å². The van der Waals surface area contributed by atoms with Gasteiger partial charge in [-0.1, -0.05) is 32.0 Å². The second-order valence-corrected chi connectivity index (χ2v) is 5.30. The molecule has 1 aliphatic rings. The molecule has 0 saturated heterocycles. The Morgan fingerprint density at radius 1 is 1.29 bits per heavy atom. The summed E-state index contributed by atoms with van der Waals surface area (Å²) in [6.45, 7) is 3.88. The summed E-state index contributed by atoms with van der Waals surface area (Å²) in [6.07, 6.45) is 0. The Kier molecular flexibility index (Phi) is 3.08. The normalized spacial score (nSPS) is 17.8. The Bertz CT molecular complexity index is 736. The Balaban J connectivity index is 2.07. The molecule has 108 valence electrons. The molecule has 0 bridgehead atoms. The number of hydrogen-bond acceptors (Lipinski definition) is 3. The van der Waals surface area contributed by atoms with E-state index in [0.717, 1.165) is 4.68 Å². The van der Waals surface area contributed by atoms with Crippen molar-refractivity contribution in [2.75, 3.05) is 5.32 Å². The van der Waals surface area contributed by atoms with Gasteiger partial charge in [0.15, 0.2) is 0 Å². The first-order chi connectivity index (χ1) is 9.99. The van der Waals surface area contributed by atoms with Crippen molar-refractivity contribution in [2.45, 2.75) is 25.7 Å². The van der Waals surface area contributed by atoms with Gasteiger partial charge in [-0.2, -0.15) is 9.78 Å². The molecule has 6 heteroatoms. The fourth-order valence-corrected chi connectivity index (χ4v) is 2.35. The molecule has 1 aromatic carbocycles. The van der Waals surface area contributed by atoms with E-state index in [9.17, 15) is 14.0 Å². The largest absolute Gasteiger partial charge is 0.309 e. The third-order valence-electron chi connectivity index (χ3n) is 3.51. The summed E-state index contributed by atoms with van der Waals surface area (Å²) >= 11 is 0. The van der Waals surface area contributed by atoms with Gasteiger partial charge in [-0.25, -0.2) is 4.39 Å². The number of hydrogen-bond donors (Lipinski definition) is 1. The number of carbonyl (C=O) groups is 2. The second-order valence-electron chi connectivity index (χ2n) is 5.30. The molecule has 1 N–H and O–H groups in total. The van der Waals surface area contributed by atoms with Crippen LogP contribution in [0.25, 0.3) is 0 Å². The second kappa shape index (κ2) is 4.80. The molecule has 1 aromatic heterocycles. The standard InChI is InChI=1S/C15H14FN3O2/c1-8(2)11-7-12-17-14(20)13(15(21)19(12)18-11)9-5-3-4-6-10(9)16/h3-8,13H,1-2H3,(H,17,20). The first kappa shape index (κ1) is 13.5. The van der Waals surface area contributed by atoms with Crippen LogP contribution >= 0.6 is 0 Å². The number of fused-ring (bicyclic) bond motifs is 1. The van der Waals surface area contributed by atoms with E-state index < -0.39 is 23.5 Å². The SMILES string of the molecule is CC(C)c1cc2n(n1)C(=O)C(c1ccccc1F)C(=O)N2. The average Bonchev–Trinajstić information content (AvgIpc) is 2.85. The lowest BCUT2D eigenvalue weighted by molar-refractivity contribution is -0.117. The Morgan fingerprint density at radius 2 is 2.00 bits per heavy atom. The van der Waals surface area contributed by atoms with Crippen LogP contribution in [0.3, 0.4) is 0 Å². The number of halogens is 1. The molecule has 2 aromatic rings. The highest BCUT2D eigenvalue weighted by atomic mass is 19.1. The monoisotopic (exact) mass is 287 g/mol. The van der Waals surface area contributed by atoms with Crippen molar-refractivity contribution in [3.05, 3.63) is 47.4 Å². The van der Waals surface area contributed by atoms with Crippen LogP contribution in [0.5, 0.6) is 0 Å². The van der Waals surface area contributed by atoms with Crippen molar-refractivity contribution in [1.82, 2.24) is 9.78 Å². The van der Waals surface area contributed by atoms with Crippen LogP contribution in [0.15, 0.2) is 30.3 Å². The summed E-state index contributed by atoms with van der Waals surface area (Å²) in [4.78, 5) is 24.6. The highest BCUT2D eigenvalue weighted by molar-refractivity contribution is 6.15. The smallest absolute Gasteiger partial charge is 0.265 e. The number of nitrogens with one attached hydrogen (secondary N) is 1. The lowest BCUT2D eigenvalue weighted by Gasteiger charge is -2.22. The van der Waals surface area contributed by atoms with Gasteiger partial charge >= 0.3 is 0 Å². The van der Waals surface area contributed by atoms with E-state index >= 15 is 0 Å². The number of anilines is 1. The van der Waals surface area contributed by atoms with Gasteiger partial charge in [-0.15, -0.1) is 0 Å². The number of rotatable bonds is 2. The van der Waals surface area contributed by atoms with Gasteiger partial charge in [0.1, 0.15) is 17.6 Å². The highest BCUT2D eigenvalue weighted by Crippen LogP contribution is 2.29. The fourth-order valence-electron chi connectivity index (χ4n) is 2.35. The van der Waals surface area contributed by atoms with Crippen molar-refractivity contribution in [3.8, 4) is 0 Å². The lowest BCUT2D eigenvalue weighted by Crippen LogP contribution is -2.38. The van der Waals surface area contributed by atoms with Gasteiger partial charge in [-0.05, 0) is 12.0 Å². The zero-order valence-electron chi connectivity index (χ0n) is 11.6. The van der Waals surface area contributed by atoms with Crippen LogP contribution < -0.4 is 5.32 Å². The maximum atomic E-state index is 13.9. The van der Waals surface area contributed by atoms with Gasteiger partial charge in [-0.3, -0.25) is 9.59 Å². The number of benzene rings is 1. The molecule has 0 spiro atoms. The molecule has 1 amide bonds. The van der Waals surface area contributed by atoms with E-state index in [1.807, 2.05) is 13.8 Å². The molecule has 0 radical (unpaired) electrons. The minimum absolute atomic E-state index is 0.0623. The average molecular weight is 287 g/mol. The Morgan fingerprint density at radius 3 is 2.67 bits per heavy atom. The quantitative estimate of drug-likeness (QED) is 0.863. The van der Waals surface area contributed by atoms with E-state index in [0.29, 0.717) is 11.5 Å². The van der Waals surface area contributed by atoms with E-state index in [1.54, 1.807) is 12.1 Å². The van der Waals surface area contributed by atoms with Crippen LogP contribution in [-0.2, 0) is 4.79 Å². The summed E-state index contributed by atoms with van der Waals surface area (Å²) in [5.74, 6) is -2.40. The summed E-state index contributed by atoms with van der Waals surface area (Å²) in [7, 11) is 0. The van der Waals surface area contributed by atoms with Gasteiger partial charge in [0.05, 0.1) is 5.69 Å². The molecule has 0 aliphatic carbocycles. The number of amides is 1. The molecule has 1 aliphatic heterocycles. The van der Waals surface area contributed by atoms with Crippen LogP contribution in [0.2, 0.25) is 0 Å². The van der Waals surface area contributed by atoms with Crippen molar-refractivity contribution in [1.29, 1.82) is 0 Å². The Labute approximate surface area is 120 Å². The number of carbonyl (C=O) groups excluding carboxylic acids is 2. The molecule has 1 atom stereocenters. The third kappa shape index (κ3) is 2.12. The summed E-state index contributed by atoms with van der Waals surface area (Å²) in [5.41, 5.74) is 0.764. The van der Waals surface area contributed by atoms with E-state index in [1.165, 1.54) is 18.2 Å². The molecule has 0 saturated carbocycles. The highest BCUT2D eigenvalue weighted by Gasteiger charge is 2.38. The lowest BCUT2D eigenvalue weighted by atomic mass is 9.95. The minimum atomic E-state index is -1.21. The number of nitrogens with zero attached hydrogens (tertiary/aromatic N) is 2. The van der Waals surface area contributed by atoms with Crippen molar-refractivity contribution in [2.24, 2.45) is 0 Å². The molecule has 1 unspecified atom stereocenters. The maximum Gasteiger partial charge on any atom is 0.265 e. The van der Waals surface area contributed by atoms with Gasteiger partial charge in [0, 0.05) is 11.6 Å². The molecule has 21 heavy (non-hydrogen) atoms. The van der Waals surface area contributed by atoms with E-state index in [2.05, 4.69) is 10.4 Å². The topological polar surface area (TPSA) is 64.0 Å². The zero-order chi connectivity index (χ0) is 15.1. The molecular weight excluding hydrogens is 273 g/mol. The maximum absolute atomic E-state index is 13.9. The van der Waals surface area contributed by atoms with E-state index in [4.69, 9.17) is 0 Å². The van der Waals surface area contributed by atoms with Gasteiger partial charge < -0.3 is 5.32 Å². The molecular formula is C15H14FN3O2. The van der Waals surface area contributed by atoms with Crippen molar-refractivity contribution in [3.63, 3.8) is 0 Å². The van der Waals surface area contributed by atoms with Crippen LogP contribution in [-0.4, -0.2) is 21.6 Å². The molecule has 3 rings (SSSR count). The first-order valence-electron chi connectivity index (χ1n) is 6.68. The molecule has 2 heterocycles. The molecule has 5 nitrogen and oxygen atoms in total. The summed E-state index contributed by atoms with van der Waals surface area (Å²) in [6, 6.07) is 7.44. The predicted molar refractivity (Wildman–Crippen MR) is 74.7 cm³/mol. The number of aromatic nitrogens is 2. The summed E-state index contributed by atoms with van der Waals surface area (Å²) in [5, 5.41) is 6.82.